The predicted molar refractivity (Wildman–Crippen MR) is 25.0 cm³/mol. The molecule has 32 valence electrons. The zero-order valence-corrected chi connectivity index (χ0v) is 6.87. The molecule has 0 N–H and O–H groups in total. The van der Waals surface area contributed by atoms with Gasteiger partial charge in [0.25, 0.3) is 0 Å². The Morgan fingerprint density at radius 3 is 1.20 bits per heavy atom. The SMILES string of the molecule is O=[Se](=O)(Br)Br. The van der Waals surface area contributed by atoms with Crippen LogP contribution in [0.4, 0.5) is 0 Å². The number of hydrogen-bond acceptors (Lipinski definition) is 2. The van der Waals surface area contributed by atoms with Gasteiger partial charge in [0.1, 0.15) is 0 Å². The van der Waals surface area contributed by atoms with E-state index in [1.54, 1.807) is 0 Å². The monoisotopic (exact) mass is 270 g/mol. The minimum absolute atomic E-state index is 2.34. The first-order valence-electron chi connectivity index (χ1n) is 0.642. The maximum atomic E-state index is 9.54. The van der Waals surface area contributed by atoms with E-state index in [2.05, 4.69) is 28.2 Å². The van der Waals surface area contributed by atoms with Gasteiger partial charge in [-0.05, 0) is 0 Å². The second kappa shape index (κ2) is 1.69. The second-order valence-electron chi connectivity index (χ2n) is 0.378. The van der Waals surface area contributed by atoms with Gasteiger partial charge >= 0.3 is 45.0 Å². The van der Waals surface area contributed by atoms with Crippen molar-refractivity contribution in [2.45, 2.75) is 0 Å². The Morgan fingerprint density at radius 2 is 1.20 bits per heavy atom. The average Bonchev–Trinajstić information content (AvgIpc) is 0.722. The van der Waals surface area contributed by atoms with Crippen LogP contribution >= 0.6 is 28.2 Å². The van der Waals surface area contributed by atoms with Crippen LogP contribution in [-0.4, -0.2) is 9.09 Å². The molecule has 0 radical (unpaired) electrons. The summed E-state index contributed by atoms with van der Waals surface area (Å²) in [6.45, 7) is 0. The minimum atomic E-state index is -3.62. The molecule has 0 amide bonds. The molecular formula is Br2O2Se. The van der Waals surface area contributed by atoms with Crippen LogP contribution in [0.5, 0.6) is 0 Å². The summed E-state index contributed by atoms with van der Waals surface area (Å²) >= 11 is 4.67. The van der Waals surface area contributed by atoms with Crippen molar-refractivity contribution in [3.63, 3.8) is 0 Å². The van der Waals surface area contributed by atoms with E-state index >= 15 is 0 Å². The van der Waals surface area contributed by atoms with Gasteiger partial charge in [-0.3, -0.25) is 0 Å². The van der Waals surface area contributed by atoms with Gasteiger partial charge in [0, 0.05) is 0 Å². The van der Waals surface area contributed by atoms with Gasteiger partial charge < -0.3 is 0 Å². The van der Waals surface area contributed by atoms with E-state index in [4.69, 9.17) is 0 Å². The van der Waals surface area contributed by atoms with Crippen LogP contribution < -0.4 is 0 Å². The average molecular weight is 271 g/mol. The van der Waals surface area contributed by atoms with Crippen molar-refractivity contribution in [2.24, 2.45) is 0 Å². The zero-order valence-electron chi connectivity index (χ0n) is 1.98. The molecule has 0 rings (SSSR count). The van der Waals surface area contributed by atoms with E-state index in [1.807, 2.05) is 0 Å². The van der Waals surface area contributed by atoms with Crippen molar-refractivity contribution in [1.82, 2.24) is 0 Å². The van der Waals surface area contributed by atoms with E-state index in [0.29, 0.717) is 0 Å². The van der Waals surface area contributed by atoms with Crippen molar-refractivity contribution in [3.8, 4) is 0 Å². The molecule has 0 unspecified atom stereocenters. The molecule has 0 heterocycles. The molecule has 0 aromatic heterocycles. The summed E-state index contributed by atoms with van der Waals surface area (Å²) in [5.41, 5.74) is 0. The molecule has 0 aliphatic rings. The Morgan fingerprint density at radius 1 is 1.20 bits per heavy atom. The topological polar surface area (TPSA) is 34.1 Å². The first-order valence-corrected chi connectivity index (χ1v) is 10.1. The molecule has 5 heavy (non-hydrogen) atoms. The van der Waals surface area contributed by atoms with Crippen LogP contribution in [0.15, 0.2) is 0 Å². The van der Waals surface area contributed by atoms with E-state index in [0.717, 1.165) is 0 Å². The van der Waals surface area contributed by atoms with Gasteiger partial charge in [-0.1, -0.05) is 0 Å². The fourth-order valence-electron chi connectivity index (χ4n) is 0. The third-order valence-corrected chi connectivity index (χ3v) is 0. The van der Waals surface area contributed by atoms with Crippen LogP contribution in [0.2, 0.25) is 0 Å². The van der Waals surface area contributed by atoms with E-state index < -0.39 is 9.09 Å². The van der Waals surface area contributed by atoms with Gasteiger partial charge in [-0.2, -0.15) is 0 Å². The number of halogens is 2. The van der Waals surface area contributed by atoms with E-state index in [-0.39, 0.29) is 0 Å². The van der Waals surface area contributed by atoms with Crippen molar-refractivity contribution >= 4 is 37.3 Å². The predicted octanol–water partition coefficient (Wildman–Crippen LogP) is 1.07. The molecule has 0 fully saturated rings. The summed E-state index contributed by atoms with van der Waals surface area (Å²) in [4.78, 5) is 0. The standard InChI is InChI=1S/Br2O2Se/c1-5(2,3)4. The molecule has 0 aromatic carbocycles. The van der Waals surface area contributed by atoms with Crippen molar-refractivity contribution in [3.05, 3.63) is 0 Å². The Bertz CT molecular complexity index is 90.8. The summed E-state index contributed by atoms with van der Waals surface area (Å²) in [6, 6.07) is 0. The molecule has 0 saturated carbocycles. The van der Waals surface area contributed by atoms with Crippen molar-refractivity contribution < 1.29 is 7.67 Å². The van der Waals surface area contributed by atoms with Gasteiger partial charge in [-0.15, -0.1) is 0 Å². The van der Waals surface area contributed by atoms with Crippen LogP contribution in [0, 0.1) is 0 Å². The summed E-state index contributed by atoms with van der Waals surface area (Å²) in [7, 11) is -3.62. The third kappa shape index (κ3) is 41.3. The summed E-state index contributed by atoms with van der Waals surface area (Å²) < 4.78 is 19.1. The second-order valence-corrected chi connectivity index (χ2v) is 15.3. The maximum absolute atomic E-state index is 9.54. The molecule has 2 nitrogen and oxygen atoms in total. The molecule has 0 aromatic rings. The Hall–Kier alpha value is 1.08. The van der Waals surface area contributed by atoms with Crippen LogP contribution in [-0.2, 0) is 7.67 Å². The Labute approximate surface area is 45.0 Å². The van der Waals surface area contributed by atoms with Crippen LogP contribution in [0.3, 0.4) is 0 Å². The Kier molecular flexibility index (Phi) is 2.05. The third-order valence-electron chi connectivity index (χ3n) is 0. The quantitative estimate of drug-likeness (QED) is 0.617. The van der Waals surface area contributed by atoms with E-state index in [9.17, 15) is 7.67 Å². The number of rotatable bonds is 0. The van der Waals surface area contributed by atoms with Crippen LogP contribution in [0.25, 0.3) is 0 Å². The number of hydrogen-bond donors (Lipinski definition) is 0. The molecule has 5 heteroatoms. The molecule has 0 atom stereocenters. The Balaban J connectivity index is 4.06. The summed E-state index contributed by atoms with van der Waals surface area (Å²) in [5, 5.41) is 0. The molecule has 0 spiro atoms. The first kappa shape index (κ1) is 6.08. The van der Waals surface area contributed by atoms with Crippen LogP contribution in [0.1, 0.15) is 0 Å². The zero-order chi connectivity index (χ0) is 4.50. The van der Waals surface area contributed by atoms with Crippen molar-refractivity contribution in [1.29, 1.82) is 0 Å². The normalized spacial score (nSPS) is 11.6. The fourth-order valence-corrected chi connectivity index (χ4v) is 0. The van der Waals surface area contributed by atoms with Gasteiger partial charge in [0.2, 0.25) is 0 Å². The van der Waals surface area contributed by atoms with Gasteiger partial charge in [0.05, 0.1) is 0 Å². The summed E-state index contributed by atoms with van der Waals surface area (Å²) in [6.07, 6.45) is 0. The van der Waals surface area contributed by atoms with Crippen molar-refractivity contribution in [2.75, 3.05) is 0 Å². The molecule has 0 bridgehead atoms. The molecule has 0 aliphatic heterocycles. The van der Waals surface area contributed by atoms with Gasteiger partial charge in [-0.25, -0.2) is 0 Å². The van der Waals surface area contributed by atoms with Gasteiger partial charge in [0.15, 0.2) is 0 Å². The summed E-state index contributed by atoms with van der Waals surface area (Å²) in [5.74, 6) is 0. The molecule has 0 saturated heterocycles. The molecule has 0 aliphatic carbocycles. The first-order chi connectivity index (χ1) is 2.00. The molecular weight excluding hydrogens is 271 g/mol. The fraction of sp³-hybridized carbons (Fsp3) is 0. The van der Waals surface area contributed by atoms with E-state index in [1.165, 1.54) is 0 Å².